The summed E-state index contributed by atoms with van der Waals surface area (Å²) in [6.07, 6.45) is 1.25. The number of ketones is 1. The lowest BCUT2D eigenvalue weighted by Gasteiger charge is -2.19. The van der Waals surface area contributed by atoms with Crippen LogP contribution in [-0.4, -0.2) is 29.1 Å². The van der Waals surface area contributed by atoms with Crippen molar-refractivity contribution >= 4 is 23.7 Å². The van der Waals surface area contributed by atoms with Crippen LogP contribution in [0, 0.1) is 0 Å². The normalized spacial score (nSPS) is 19.2. The summed E-state index contributed by atoms with van der Waals surface area (Å²) in [6, 6.07) is 5.97. The summed E-state index contributed by atoms with van der Waals surface area (Å²) in [4.78, 5) is 22.1. The average Bonchev–Trinajstić information content (AvgIpc) is 2.60. The van der Waals surface area contributed by atoms with Gasteiger partial charge in [0.2, 0.25) is 0 Å². The maximum atomic E-state index is 11.3. The van der Waals surface area contributed by atoms with Gasteiger partial charge in [0.1, 0.15) is 6.04 Å². The molecule has 0 aromatic heterocycles. The second-order valence-electron chi connectivity index (χ2n) is 3.52. The van der Waals surface area contributed by atoms with Crippen molar-refractivity contribution in [3.63, 3.8) is 0 Å². The largest absolute Gasteiger partial charge is 0.478 e. The van der Waals surface area contributed by atoms with Crippen LogP contribution in [-0.2, 0) is 4.79 Å². The summed E-state index contributed by atoms with van der Waals surface area (Å²) in [5.74, 6) is -1.08. The predicted molar refractivity (Wildman–Crippen MR) is 58.8 cm³/mol. The van der Waals surface area contributed by atoms with Crippen LogP contribution in [0.4, 0.5) is 5.69 Å². The highest BCUT2D eigenvalue weighted by molar-refractivity contribution is 6.32. The topological polar surface area (TPSA) is 70.0 Å². The Balaban J connectivity index is 2.35. The molecule has 0 saturated carbocycles. The van der Waals surface area contributed by atoms with Gasteiger partial charge in [0, 0.05) is 0 Å². The van der Waals surface area contributed by atoms with Crippen molar-refractivity contribution in [3.05, 3.63) is 29.8 Å². The van der Waals surface area contributed by atoms with Gasteiger partial charge in [-0.05, 0) is 25.1 Å². The Labute approximate surface area is 92.0 Å². The molecule has 5 heteroatoms. The number of nitrogens with zero attached hydrogens (tertiary/aromatic N) is 2. The zero-order chi connectivity index (χ0) is 11.7. The smallest absolute Gasteiger partial charge is 0.335 e. The van der Waals surface area contributed by atoms with Crippen molar-refractivity contribution in [1.82, 2.24) is 0 Å². The molecule has 0 spiro atoms. The molecule has 2 rings (SSSR count). The lowest BCUT2D eigenvalue weighted by atomic mass is 10.1. The second-order valence-corrected chi connectivity index (χ2v) is 3.52. The maximum absolute atomic E-state index is 11.3. The molecule has 1 aromatic rings. The van der Waals surface area contributed by atoms with Crippen LogP contribution in [0.25, 0.3) is 0 Å². The van der Waals surface area contributed by atoms with Gasteiger partial charge in [-0.2, -0.15) is 5.10 Å². The standard InChI is InChI=1S/C11H10N2O3/c1-7-10(14)6-12-13(7)9-4-2-3-8(5-9)11(15)16/h2-7H,1H3,(H,15,16). The van der Waals surface area contributed by atoms with E-state index < -0.39 is 5.97 Å². The van der Waals surface area contributed by atoms with Crippen molar-refractivity contribution in [1.29, 1.82) is 0 Å². The van der Waals surface area contributed by atoms with E-state index in [2.05, 4.69) is 5.10 Å². The van der Waals surface area contributed by atoms with E-state index in [0.29, 0.717) is 5.69 Å². The number of benzene rings is 1. The first-order valence-electron chi connectivity index (χ1n) is 4.80. The van der Waals surface area contributed by atoms with Crippen molar-refractivity contribution < 1.29 is 14.7 Å². The summed E-state index contributed by atoms with van der Waals surface area (Å²) in [7, 11) is 0. The molecule has 1 aliphatic heterocycles. The van der Waals surface area contributed by atoms with Crippen LogP contribution in [0.5, 0.6) is 0 Å². The van der Waals surface area contributed by atoms with E-state index in [1.165, 1.54) is 23.4 Å². The van der Waals surface area contributed by atoms with Gasteiger partial charge in [-0.1, -0.05) is 6.07 Å². The highest BCUT2D eigenvalue weighted by Gasteiger charge is 2.25. The Hall–Kier alpha value is -2.17. The number of carboxylic acids is 1. The molecule has 1 heterocycles. The van der Waals surface area contributed by atoms with Crippen LogP contribution >= 0.6 is 0 Å². The fourth-order valence-corrected chi connectivity index (χ4v) is 1.52. The molecule has 0 saturated heterocycles. The zero-order valence-corrected chi connectivity index (χ0v) is 8.62. The van der Waals surface area contributed by atoms with E-state index in [0.717, 1.165) is 0 Å². The summed E-state index contributed by atoms with van der Waals surface area (Å²) < 4.78 is 0. The molecule has 0 fully saturated rings. The third-order valence-corrected chi connectivity index (χ3v) is 2.45. The molecule has 1 N–H and O–H groups in total. The number of carbonyl (C=O) groups is 2. The number of carbonyl (C=O) groups excluding carboxylic acids is 1. The fourth-order valence-electron chi connectivity index (χ4n) is 1.52. The molecule has 0 amide bonds. The molecule has 1 unspecified atom stereocenters. The van der Waals surface area contributed by atoms with Crippen LogP contribution in [0.15, 0.2) is 29.4 Å². The second kappa shape index (κ2) is 3.77. The SMILES string of the molecule is CC1C(=O)C=NN1c1cccc(C(=O)O)c1. The van der Waals surface area contributed by atoms with Crippen LogP contribution in [0.1, 0.15) is 17.3 Å². The monoisotopic (exact) mass is 218 g/mol. The number of rotatable bonds is 2. The minimum atomic E-state index is -0.996. The van der Waals surface area contributed by atoms with Crippen LogP contribution in [0.3, 0.4) is 0 Å². The summed E-state index contributed by atoms with van der Waals surface area (Å²) in [5.41, 5.74) is 0.786. The Morgan fingerprint density at radius 2 is 2.25 bits per heavy atom. The summed E-state index contributed by atoms with van der Waals surface area (Å²) in [5, 5.41) is 14.3. The summed E-state index contributed by atoms with van der Waals surface area (Å²) in [6.45, 7) is 1.72. The molecular weight excluding hydrogens is 208 g/mol. The molecule has 1 aromatic carbocycles. The highest BCUT2D eigenvalue weighted by Crippen LogP contribution is 2.21. The van der Waals surface area contributed by atoms with Crippen molar-refractivity contribution in [2.45, 2.75) is 13.0 Å². The summed E-state index contributed by atoms with van der Waals surface area (Å²) >= 11 is 0. The number of hydrazone groups is 1. The van der Waals surface area contributed by atoms with E-state index >= 15 is 0 Å². The average molecular weight is 218 g/mol. The van der Waals surface area contributed by atoms with E-state index in [1.807, 2.05) is 0 Å². The fraction of sp³-hybridized carbons (Fsp3) is 0.182. The number of hydrogen-bond acceptors (Lipinski definition) is 4. The third kappa shape index (κ3) is 1.67. The first-order chi connectivity index (χ1) is 7.59. The number of aromatic carboxylic acids is 1. The highest BCUT2D eigenvalue weighted by atomic mass is 16.4. The first kappa shape index (κ1) is 10.4. The van der Waals surface area contributed by atoms with Crippen LogP contribution < -0.4 is 5.01 Å². The van der Waals surface area contributed by atoms with Gasteiger partial charge in [0.25, 0.3) is 0 Å². The molecule has 1 atom stereocenters. The molecule has 0 bridgehead atoms. The Bertz CT molecular complexity index is 482. The van der Waals surface area contributed by atoms with Gasteiger partial charge in [0.05, 0.1) is 17.5 Å². The Kier molecular flexibility index (Phi) is 2.44. The van der Waals surface area contributed by atoms with E-state index in [1.54, 1.807) is 19.1 Å². The third-order valence-electron chi connectivity index (χ3n) is 2.45. The van der Waals surface area contributed by atoms with Crippen molar-refractivity contribution in [2.75, 3.05) is 5.01 Å². The predicted octanol–water partition coefficient (Wildman–Crippen LogP) is 1.15. The lowest BCUT2D eigenvalue weighted by molar-refractivity contribution is -0.112. The van der Waals surface area contributed by atoms with Crippen molar-refractivity contribution in [2.24, 2.45) is 5.10 Å². The van der Waals surface area contributed by atoms with E-state index in [9.17, 15) is 9.59 Å². The number of hydrogen-bond donors (Lipinski definition) is 1. The van der Waals surface area contributed by atoms with E-state index in [-0.39, 0.29) is 17.4 Å². The molecular formula is C11H10N2O3. The van der Waals surface area contributed by atoms with Crippen molar-refractivity contribution in [3.8, 4) is 0 Å². The minimum absolute atomic E-state index is 0.0827. The molecule has 0 aliphatic carbocycles. The van der Waals surface area contributed by atoms with Crippen LogP contribution in [0.2, 0.25) is 0 Å². The van der Waals surface area contributed by atoms with Gasteiger partial charge in [-0.3, -0.25) is 9.80 Å². The quantitative estimate of drug-likeness (QED) is 0.808. The van der Waals surface area contributed by atoms with Gasteiger partial charge < -0.3 is 5.11 Å². The van der Waals surface area contributed by atoms with E-state index in [4.69, 9.17) is 5.11 Å². The zero-order valence-electron chi connectivity index (χ0n) is 8.62. The van der Waals surface area contributed by atoms with Gasteiger partial charge in [-0.25, -0.2) is 4.79 Å². The van der Waals surface area contributed by atoms with Gasteiger partial charge in [-0.15, -0.1) is 0 Å². The molecule has 16 heavy (non-hydrogen) atoms. The molecule has 82 valence electrons. The Morgan fingerprint density at radius 3 is 2.81 bits per heavy atom. The molecule has 1 aliphatic rings. The minimum Gasteiger partial charge on any atom is -0.478 e. The Morgan fingerprint density at radius 1 is 1.50 bits per heavy atom. The number of Topliss-reactive ketones (excluding diaryl/α,β-unsaturated/α-hetero) is 1. The van der Waals surface area contributed by atoms with Gasteiger partial charge in [0.15, 0.2) is 5.78 Å². The van der Waals surface area contributed by atoms with Gasteiger partial charge >= 0.3 is 5.97 Å². The number of carboxylic acid groups (broad SMARTS) is 1. The molecule has 5 nitrogen and oxygen atoms in total. The first-order valence-corrected chi connectivity index (χ1v) is 4.80. The molecule has 0 radical (unpaired) electrons. The maximum Gasteiger partial charge on any atom is 0.335 e. The lowest BCUT2D eigenvalue weighted by Crippen LogP contribution is -2.29. The number of anilines is 1.